The van der Waals surface area contributed by atoms with E-state index in [1.54, 1.807) is 15.9 Å². The van der Waals surface area contributed by atoms with Crippen molar-refractivity contribution in [2.75, 3.05) is 18.0 Å². The average Bonchev–Trinajstić information content (AvgIpc) is 3.27. The molecule has 4 aromatic rings. The average molecular weight is 582 g/mol. The van der Waals surface area contributed by atoms with Crippen LogP contribution in [0.15, 0.2) is 91.0 Å². The molecule has 1 N–H and O–H groups in total. The van der Waals surface area contributed by atoms with Gasteiger partial charge in [-0.05, 0) is 53.6 Å². The predicted molar refractivity (Wildman–Crippen MR) is 169 cm³/mol. The van der Waals surface area contributed by atoms with E-state index in [0.29, 0.717) is 36.5 Å². The lowest BCUT2D eigenvalue weighted by molar-refractivity contribution is -0.141. The maximum atomic E-state index is 14.0. The number of amides is 3. The number of hydrogen-bond donors (Lipinski definition) is 1. The van der Waals surface area contributed by atoms with E-state index in [-0.39, 0.29) is 30.7 Å². The van der Waals surface area contributed by atoms with Gasteiger partial charge in [-0.1, -0.05) is 91.7 Å². The summed E-state index contributed by atoms with van der Waals surface area (Å²) in [4.78, 5) is 44.3. The number of rotatable bonds is 13. The van der Waals surface area contributed by atoms with E-state index in [4.69, 9.17) is 11.6 Å². The van der Waals surface area contributed by atoms with Crippen molar-refractivity contribution in [3.05, 3.63) is 113 Å². The van der Waals surface area contributed by atoms with Crippen molar-refractivity contribution in [1.82, 2.24) is 10.2 Å². The third kappa shape index (κ3) is 6.66. The van der Waals surface area contributed by atoms with Gasteiger partial charge in [0.2, 0.25) is 11.8 Å². The van der Waals surface area contributed by atoms with Crippen LogP contribution in [-0.2, 0) is 22.6 Å². The number of unbranched alkanes of at least 4 members (excludes halogenated alkanes) is 1. The molecule has 0 saturated heterocycles. The summed E-state index contributed by atoms with van der Waals surface area (Å²) in [5.74, 6) is -0.342. The Bertz CT molecular complexity index is 1570. The molecule has 1 heterocycles. The van der Waals surface area contributed by atoms with E-state index in [1.165, 1.54) is 0 Å². The Morgan fingerprint density at radius 1 is 0.905 bits per heavy atom. The molecule has 1 aliphatic heterocycles. The molecule has 6 nitrogen and oxygen atoms in total. The highest BCUT2D eigenvalue weighted by atomic mass is 35.5. The summed E-state index contributed by atoms with van der Waals surface area (Å²) < 4.78 is 0. The molecular weight excluding hydrogens is 546 g/mol. The topological polar surface area (TPSA) is 69.7 Å². The minimum atomic E-state index is -0.692. The van der Waals surface area contributed by atoms with Crippen molar-refractivity contribution in [2.45, 2.75) is 51.6 Å². The summed E-state index contributed by atoms with van der Waals surface area (Å²) in [5, 5.41) is 5.62. The summed E-state index contributed by atoms with van der Waals surface area (Å²) in [7, 11) is 0. The Morgan fingerprint density at radius 2 is 1.64 bits per heavy atom. The van der Waals surface area contributed by atoms with Gasteiger partial charge >= 0.3 is 0 Å². The SMILES string of the molecule is CCCCNC(=O)C(Cc1ccccc1)N(Cc1cccc(Cl)c1)C(=O)CCCN1C(=O)c2cccc3cccc1c23. The third-order valence-corrected chi connectivity index (χ3v) is 8.00. The molecule has 0 aromatic heterocycles. The molecule has 0 fully saturated rings. The van der Waals surface area contributed by atoms with Crippen molar-refractivity contribution >= 4 is 45.8 Å². The van der Waals surface area contributed by atoms with Gasteiger partial charge in [0.25, 0.3) is 5.91 Å². The largest absolute Gasteiger partial charge is 0.354 e. The molecule has 1 atom stereocenters. The van der Waals surface area contributed by atoms with Crippen LogP contribution in [0.3, 0.4) is 0 Å². The van der Waals surface area contributed by atoms with Gasteiger partial charge in [0.1, 0.15) is 6.04 Å². The Kier molecular flexibility index (Phi) is 9.55. The second kappa shape index (κ2) is 13.7. The second-order valence-electron chi connectivity index (χ2n) is 10.7. The van der Waals surface area contributed by atoms with Gasteiger partial charge in [-0.15, -0.1) is 0 Å². The number of halogens is 1. The van der Waals surface area contributed by atoms with Crippen molar-refractivity contribution in [3.63, 3.8) is 0 Å². The fourth-order valence-corrected chi connectivity index (χ4v) is 5.84. The summed E-state index contributed by atoms with van der Waals surface area (Å²) >= 11 is 6.29. The molecule has 0 saturated carbocycles. The Morgan fingerprint density at radius 3 is 2.40 bits per heavy atom. The van der Waals surface area contributed by atoms with Gasteiger partial charge in [-0.3, -0.25) is 14.4 Å². The number of nitrogens with zero attached hydrogens (tertiary/aromatic N) is 2. The van der Waals surface area contributed by atoms with Gasteiger partial charge in [0.15, 0.2) is 0 Å². The fraction of sp³-hybridized carbons (Fsp3) is 0.286. The summed E-state index contributed by atoms with van der Waals surface area (Å²) in [5.41, 5.74) is 3.41. The van der Waals surface area contributed by atoms with E-state index in [0.717, 1.165) is 40.4 Å². The number of anilines is 1. The van der Waals surface area contributed by atoms with E-state index >= 15 is 0 Å². The number of carbonyl (C=O) groups is 3. The molecule has 0 bridgehead atoms. The Hall–Kier alpha value is -4.16. The van der Waals surface area contributed by atoms with Crippen molar-refractivity contribution in [3.8, 4) is 0 Å². The van der Waals surface area contributed by atoms with E-state index < -0.39 is 6.04 Å². The van der Waals surface area contributed by atoms with E-state index in [2.05, 4.69) is 12.2 Å². The molecule has 0 aliphatic carbocycles. The molecule has 0 radical (unpaired) electrons. The summed E-state index contributed by atoms with van der Waals surface area (Å²) in [6.07, 6.45) is 2.89. The van der Waals surface area contributed by atoms with Crippen LogP contribution in [0.4, 0.5) is 5.69 Å². The van der Waals surface area contributed by atoms with Gasteiger partial charge in [0.05, 0.1) is 5.69 Å². The molecule has 3 amide bonds. The smallest absolute Gasteiger partial charge is 0.258 e. The van der Waals surface area contributed by atoms with Gasteiger partial charge in [0, 0.05) is 48.4 Å². The lowest BCUT2D eigenvalue weighted by Gasteiger charge is -2.32. The van der Waals surface area contributed by atoms with E-state index in [9.17, 15) is 14.4 Å². The second-order valence-corrected chi connectivity index (χ2v) is 11.2. The van der Waals surface area contributed by atoms with Crippen LogP contribution in [-0.4, -0.2) is 41.8 Å². The minimum Gasteiger partial charge on any atom is -0.354 e. The molecule has 5 rings (SSSR count). The number of hydrogen-bond acceptors (Lipinski definition) is 3. The molecule has 1 unspecified atom stereocenters. The molecule has 0 spiro atoms. The summed E-state index contributed by atoms with van der Waals surface area (Å²) in [6, 6.07) is 28.2. The van der Waals surface area contributed by atoms with Gasteiger partial charge in [-0.25, -0.2) is 0 Å². The van der Waals surface area contributed by atoms with Crippen LogP contribution in [0.5, 0.6) is 0 Å². The van der Waals surface area contributed by atoms with Crippen LogP contribution < -0.4 is 10.2 Å². The number of carbonyl (C=O) groups excluding carboxylic acids is 3. The van der Waals surface area contributed by atoms with Crippen LogP contribution in [0, 0.1) is 0 Å². The zero-order chi connectivity index (χ0) is 29.5. The first-order valence-corrected chi connectivity index (χ1v) is 15.0. The van der Waals surface area contributed by atoms with Crippen molar-refractivity contribution < 1.29 is 14.4 Å². The van der Waals surface area contributed by atoms with Gasteiger partial charge in [-0.2, -0.15) is 0 Å². The van der Waals surface area contributed by atoms with Crippen LogP contribution in [0.2, 0.25) is 5.02 Å². The maximum absolute atomic E-state index is 14.0. The summed E-state index contributed by atoms with van der Waals surface area (Å²) in [6.45, 7) is 3.30. The fourth-order valence-electron chi connectivity index (χ4n) is 5.63. The highest BCUT2D eigenvalue weighted by Crippen LogP contribution is 2.37. The zero-order valence-electron chi connectivity index (χ0n) is 23.9. The minimum absolute atomic E-state index is 0.0395. The zero-order valence-corrected chi connectivity index (χ0v) is 24.6. The van der Waals surface area contributed by atoms with Crippen molar-refractivity contribution in [2.24, 2.45) is 0 Å². The first-order valence-electron chi connectivity index (χ1n) is 14.7. The van der Waals surface area contributed by atoms with Crippen LogP contribution >= 0.6 is 11.6 Å². The molecule has 42 heavy (non-hydrogen) atoms. The maximum Gasteiger partial charge on any atom is 0.258 e. The highest BCUT2D eigenvalue weighted by Gasteiger charge is 2.32. The lowest BCUT2D eigenvalue weighted by atomic mass is 10.0. The molecular formula is C35H36ClN3O3. The lowest BCUT2D eigenvalue weighted by Crippen LogP contribution is -2.50. The number of benzene rings is 4. The first-order chi connectivity index (χ1) is 20.5. The third-order valence-electron chi connectivity index (χ3n) is 7.76. The van der Waals surface area contributed by atoms with Crippen molar-refractivity contribution in [1.29, 1.82) is 0 Å². The van der Waals surface area contributed by atoms with Crippen LogP contribution in [0.1, 0.15) is 54.1 Å². The first kappa shape index (κ1) is 29.3. The predicted octanol–water partition coefficient (Wildman–Crippen LogP) is 6.79. The normalized spacial score (nSPS) is 12.9. The molecule has 216 valence electrons. The van der Waals surface area contributed by atoms with Crippen LogP contribution in [0.25, 0.3) is 10.8 Å². The Labute approximate surface area is 252 Å². The van der Waals surface area contributed by atoms with E-state index in [1.807, 2.05) is 84.9 Å². The van der Waals surface area contributed by atoms with Gasteiger partial charge < -0.3 is 15.1 Å². The molecule has 7 heteroatoms. The quantitative estimate of drug-likeness (QED) is 0.177. The molecule has 4 aromatic carbocycles. The number of nitrogens with one attached hydrogen (secondary N) is 1. The monoisotopic (exact) mass is 581 g/mol. The molecule has 1 aliphatic rings. The standard InChI is InChI=1S/C35H36ClN3O3/c1-2-3-20-37-34(41)31(23-25-11-5-4-6-12-25)39(24-26-13-7-16-28(36)22-26)32(40)19-10-21-38-30-18-9-15-27-14-8-17-29(33(27)30)35(38)42/h4-9,11-18,22,31H,2-3,10,19-21,23-24H2,1H3,(H,37,41). The highest BCUT2D eigenvalue weighted by molar-refractivity contribution is 6.30. The Balaban J connectivity index is 1.36.